The van der Waals surface area contributed by atoms with Crippen LogP contribution in [-0.4, -0.2) is 34.7 Å². The van der Waals surface area contributed by atoms with Crippen molar-refractivity contribution in [1.29, 1.82) is 0 Å². The summed E-state index contributed by atoms with van der Waals surface area (Å²) in [6, 6.07) is 0. The molecule has 1 fully saturated rings. The summed E-state index contributed by atoms with van der Waals surface area (Å²) < 4.78 is 1.57. The maximum atomic E-state index is 11.9. The van der Waals surface area contributed by atoms with Crippen molar-refractivity contribution in [2.45, 2.75) is 19.8 Å². The van der Waals surface area contributed by atoms with Gasteiger partial charge in [0.1, 0.15) is 0 Å². The smallest absolute Gasteiger partial charge is 0.261 e. The molecule has 0 saturated carbocycles. The third kappa shape index (κ3) is 2.76. The van der Waals surface area contributed by atoms with E-state index < -0.39 is 0 Å². The van der Waals surface area contributed by atoms with E-state index in [-0.39, 0.29) is 17.7 Å². The molecule has 1 aliphatic rings. The highest BCUT2D eigenvalue weighted by molar-refractivity contribution is 6.05. The third-order valence-corrected chi connectivity index (χ3v) is 3.20. The van der Waals surface area contributed by atoms with Crippen LogP contribution in [0, 0.1) is 12.8 Å². The summed E-state index contributed by atoms with van der Waals surface area (Å²) in [5.74, 6) is -0.596. The summed E-state index contributed by atoms with van der Waals surface area (Å²) in [4.78, 5) is 23.8. The number of nitrogens with zero attached hydrogens (tertiary/aromatic N) is 2. The van der Waals surface area contributed by atoms with Gasteiger partial charge in [0.25, 0.3) is 5.91 Å². The maximum absolute atomic E-state index is 11.9. The maximum Gasteiger partial charge on any atom is 0.261 e. The van der Waals surface area contributed by atoms with E-state index >= 15 is 0 Å². The standard InChI is InChI=1S/C12H18N4O2/c1-8-10(7-16(2)15-8)12(18)14-11(17)9-3-5-13-6-4-9/h7,9,13H,3-6H2,1-2H3,(H,14,17,18). The molecule has 6 heteroatoms. The number of carbonyl (C=O) groups excluding carboxylic acids is 2. The van der Waals surface area contributed by atoms with Crippen molar-refractivity contribution < 1.29 is 9.59 Å². The van der Waals surface area contributed by atoms with Crippen LogP contribution in [0.3, 0.4) is 0 Å². The fourth-order valence-electron chi connectivity index (χ4n) is 2.19. The summed E-state index contributed by atoms with van der Waals surface area (Å²) in [6.45, 7) is 3.42. The Morgan fingerprint density at radius 2 is 2.11 bits per heavy atom. The molecule has 1 aliphatic heterocycles. The largest absolute Gasteiger partial charge is 0.317 e. The molecule has 6 nitrogen and oxygen atoms in total. The van der Waals surface area contributed by atoms with Crippen molar-refractivity contribution in [2.24, 2.45) is 13.0 Å². The third-order valence-electron chi connectivity index (χ3n) is 3.20. The number of rotatable bonds is 2. The molecule has 0 aromatic carbocycles. The van der Waals surface area contributed by atoms with Crippen LogP contribution in [0.5, 0.6) is 0 Å². The molecular formula is C12H18N4O2. The van der Waals surface area contributed by atoms with Crippen molar-refractivity contribution in [3.63, 3.8) is 0 Å². The Morgan fingerprint density at radius 1 is 1.44 bits per heavy atom. The summed E-state index contributed by atoms with van der Waals surface area (Å²) in [6.07, 6.45) is 3.19. The van der Waals surface area contributed by atoms with Crippen LogP contribution < -0.4 is 10.6 Å². The predicted octanol–water partition coefficient (Wildman–Crippen LogP) is -0.0155. The summed E-state index contributed by atoms with van der Waals surface area (Å²) in [5, 5.41) is 9.74. The van der Waals surface area contributed by atoms with Gasteiger partial charge in [-0.3, -0.25) is 19.6 Å². The lowest BCUT2D eigenvalue weighted by Gasteiger charge is -2.21. The number of aryl methyl sites for hydroxylation is 2. The summed E-state index contributed by atoms with van der Waals surface area (Å²) >= 11 is 0. The van der Waals surface area contributed by atoms with E-state index in [4.69, 9.17) is 0 Å². The molecular weight excluding hydrogens is 232 g/mol. The second-order valence-corrected chi connectivity index (χ2v) is 4.64. The SMILES string of the molecule is Cc1nn(C)cc1C(=O)NC(=O)C1CCNCC1. The Kier molecular flexibility index (Phi) is 3.76. The normalized spacial score (nSPS) is 16.6. The van der Waals surface area contributed by atoms with Crippen molar-refractivity contribution in [2.75, 3.05) is 13.1 Å². The van der Waals surface area contributed by atoms with Crippen LogP contribution in [0.4, 0.5) is 0 Å². The average molecular weight is 250 g/mol. The van der Waals surface area contributed by atoms with Crippen molar-refractivity contribution >= 4 is 11.8 Å². The first-order valence-electron chi connectivity index (χ1n) is 6.14. The Morgan fingerprint density at radius 3 is 2.67 bits per heavy atom. The topological polar surface area (TPSA) is 76.0 Å². The number of amides is 2. The van der Waals surface area contributed by atoms with Gasteiger partial charge in [0.2, 0.25) is 5.91 Å². The van der Waals surface area contributed by atoms with Gasteiger partial charge in [-0.1, -0.05) is 0 Å². The first-order chi connectivity index (χ1) is 8.58. The number of imide groups is 1. The lowest BCUT2D eigenvalue weighted by Crippen LogP contribution is -2.40. The molecule has 98 valence electrons. The van der Waals surface area contributed by atoms with E-state index in [0.29, 0.717) is 11.3 Å². The average Bonchev–Trinajstić information content (AvgIpc) is 2.69. The van der Waals surface area contributed by atoms with E-state index in [9.17, 15) is 9.59 Å². The number of hydrogen-bond donors (Lipinski definition) is 2. The summed E-state index contributed by atoms with van der Waals surface area (Å²) in [7, 11) is 1.75. The number of hydrogen-bond acceptors (Lipinski definition) is 4. The quantitative estimate of drug-likeness (QED) is 0.724. The molecule has 1 saturated heterocycles. The van der Waals surface area contributed by atoms with Gasteiger partial charge in [0.05, 0.1) is 11.3 Å². The molecule has 2 heterocycles. The lowest BCUT2D eigenvalue weighted by molar-refractivity contribution is -0.124. The van der Waals surface area contributed by atoms with E-state index in [1.54, 1.807) is 24.9 Å². The van der Waals surface area contributed by atoms with Crippen LogP contribution in [0.25, 0.3) is 0 Å². The second kappa shape index (κ2) is 5.30. The Hall–Kier alpha value is -1.69. The van der Waals surface area contributed by atoms with Gasteiger partial charge in [-0.05, 0) is 32.9 Å². The highest BCUT2D eigenvalue weighted by atomic mass is 16.2. The first-order valence-corrected chi connectivity index (χ1v) is 6.14. The Labute approximate surface area is 106 Å². The highest BCUT2D eigenvalue weighted by Gasteiger charge is 2.23. The van der Waals surface area contributed by atoms with Crippen LogP contribution in [-0.2, 0) is 11.8 Å². The zero-order valence-electron chi connectivity index (χ0n) is 10.7. The second-order valence-electron chi connectivity index (χ2n) is 4.64. The molecule has 1 aromatic heterocycles. The van der Waals surface area contributed by atoms with Crippen molar-refractivity contribution in [3.05, 3.63) is 17.5 Å². The minimum atomic E-state index is -0.357. The van der Waals surface area contributed by atoms with Crippen LogP contribution in [0.2, 0.25) is 0 Å². The molecule has 0 unspecified atom stereocenters. The zero-order valence-corrected chi connectivity index (χ0v) is 10.7. The van der Waals surface area contributed by atoms with Gasteiger partial charge < -0.3 is 5.32 Å². The van der Waals surface area contributed by atoms with Crippen LogP contribution in [0.1, 0.15) is 28.9 Å². The van der Waals surface area contributed by atoms with E-state index in [1.165, 1.54) is 0 Å². The Balaban J connectivity index is 1.98. The van der Waals surface area contributed by atoms with E-state index in [1.807, 2.05) is 0 Å². The Bertz CT molecular complexity index is 461. The molecule has 1 aromatic rings. The van der Waals surface area contributed by atoms with Gasteiger partial charge in [-0.25, -0.2) is 0 Å². The van der Waals surface area contributed by atoms with Crippen molar-refractivity contribution in [1.82, 2.24) is 20.4 Å². The van der Waals surface area contributed by atoms with Crippen LogP contribution >= 0.6 is 0 Å². The molecule has 2 amide bonds. The van der Waals surface area contributed by atoms with E-state index in [2.05, 4.69) is 15.7 Å². The molecule has 2 N–H and O–H groups in total. The monoisotopic (exact) mass is 250 g/mol. The lowest BCUT2D eigenvalue weighted by atomic mass is 9.97. The number of carbonyl (C=O) groups is 2. The van der Waals surface area contributed by atoms with Gasteiger partial charge >= 0.3 is 0 Å². The molecule has 2 rings (SSSR count). The van der Waals surface area contributed by atoms with Crippen molar-refractivity contribution in [3.8, 4) is 0 Å². The van der Waals surface area contributed by atoms with Gasteiger partial charge in [-0.2, -0.15) is 5.10 Å². The molecule has 18 heavy (non-hydrogen) atoms. The molecule has 0 spiro atoms. The fraction of sp³-hybridized carbons (Fsp3) is 0.583. The molecule has 0 radical (unpaired) electrons. The minimum Gasteiger partial charge on any atom is -0.317 e. The summed E-state index contributed by atoms with van der Waals surface area (Å²) in [5.41, 5.74) is 1.09. The molecule has 0 atom stereocenters. The van der Waals surface area contributed by atoms with E-state index in [0.717, 1.165) is 25.9 Å². The fourth-order valence-corrected chi connectivity index (χ4v) is 2.19. The molecule has 0 bridgehead atoms. The molecule has 0 aliphatic carbocycles. The van der Waals surface area contributed by atoms with Gasteiger partial charge in [0.15, 0.2) is 0 Å². The van der Waals surface area contributed by atoms with Gasteiger partial charge in [0, 0.05) is 19.2 Å². The number of aromatic nitrogens is 2. The predicted molar refractivity (Wildman–Crippen MR) is 66.0 cm³/mol. The van der Waals surface area contributed by atoms with Crippen LogP contribution in [0.15, 0.2) is 6.20 Å². The highest BCUT2D eigenvalue weighted by Crippen LogP contribution is 2.12. The zero-order chi connectivity index (χ0) is 13.1. The number of nitrogens with one attached hydrogen (secondary N) is 2. The minimum absolute atomic E-state index is 0.0628. The number of piperidine rings is 1. The first kappa shape index (κ1) is 12.8. The van der Waals surface area contributed by atoms with Gasteiger partial charge in [-0.15, -0.1) is 0 Å².